The van der Waals surface area contributed by atoms with E-state index in [0.717, 1.165) is 34.2 Å². The molecule has 0 unspecified atom stereocenters. The molecule has 2 aromatic carbocycles. The Labute approximate surface area is 155 Å². The lowest BCUT2D eigenvalue weighted by molar-refractivity contribution is -0.118. The van der Waals surface area contributed by atoms with Crippen LogP contribution in [0.3, 0.4) is 0 Å². The number of hydrogen-bond acceptors (Lipinski definition) is 2. The minimum absolute atomic E-state index is 0.0823. The van der Waals surface area contributed by atoms with E-state index in [4.69, 9.17) is 0 Å². The largest absolute Gasteiger partial charge is 0.307 e. The molecular weight excluding hydrogens is 378 g/mol. The number of amides is 1. The fourth-order valence-electron chi connectivity index (χ4n) is 3.00. The first-order valence-electron chi connectivity index (χ1n) is 8.00. The van der Waals surface area contributed by atoms with E-state index in [1.807, 2.05) is 55.5 Å². The van der Waals surface area contributed by atoms with Gasteiger partial charge in [-0.25, -0.2) is 0 Å². The topological polar surface area (TPSA) is 37.4 Å². The van der Waals surface area contributed by atoms with E-state index in [2.05, 4.69) is 22.5 Å². The molecule has 0 spiro atoms. The molecule has 0 bridgehead atoms. The summed E-state index contributed by atoms with van der Waals surface area (Å²) in [7, 11) is 0. The molecule has 0 saturated heterocycles. The molecule has 0 saturated carbocycles. The van der Waals surface area contributed by atoms with E-state index >= 15 is 0 Å². The van der Waals surface area contributed by atoms with Crippen LogP contribution >= 0.6 is 15.9 Å². The van der Waals surface area contributed by atoms with E-state index in [-0.39, 0.29) is 12.3 Å². The Morgan fingerprint density at radius 3 is 2.72 bits per heavy atom. The molecule has 3 nitrogen and oxygen atoms in total. The van der Waals surface area contributed by atoms with Crippen molar-refractivity contribution >= 4 is 44.4 Å². The van der Waals surface area contributed by atoms with Gasteiger partial charge in [-0.05, 0) is 51.7 Å². The van der Waals surface area contributed by atoms with E-state index in [1.165, 1.54) is 0 Å². The van der Waals surface area contributed by atoms with Gasteiger partial charge < -0.3 is 4.90 Å². The average Bonchev–Trinajstić information content (AvgIpc) is 2.73. The van der Waals surface area contributed by atoms with Crippen LogP contribution in [-0.4, -0.2) is 12.2 Å². The maximum absolute atomic E-state index is 12.8. The SMILES string of the molecule is C=Cc1cc(CN2C(=O)CC(C=O)=C(Br)c3ccccc32)ccc1C. The number of carbonyl (C=O) groups excluding carboxylic acids is 2. The number of nitrogens with zero attached hydrogens (tertiary/aromatic N) is 1. The third-order valence-corrected chi connectivity index (χ3v) is 5.34. The van der Waals surface area contributed by atoms with Gasteiger partial charge in [-0.2, -0.15) is 0 Å². The smallest absolute Gasteiger partial charge is 0.231 e. The predicted octanol–water partition coefficient (Wildman–Crippen LogP) is 4.88. The van der Waals surface area contributed by atoms with Gasteiger partial charge >= 0.3 is 0 Å². The molecule has 1 amide bonds. The fraction of sp³-hybridized carbons (Fsp3) is 0.143. The number of rotatable bonds is 4. The van der Waals surface area contributed by atoms with Crippen molar-refractivity contribution in [2.75, 3.05) is 4.90 Å². The molecule has 1 heterocycles. The zero-order chi connectivity index (χ0) is 18.0. The normalized spacial score (nSPS) is 14.2. The Morgan fingerprint density at radius 2 is 2.00 bits per heavy atom. The van der Waals surface area contributed by atoms with Crippen molar-refractivity contribution in [2.24, 2.45) is 0 Å². The Bertz CT molecular complexity index is 899. The summed E-state index contributed by atoms with van der Waals surface area (Å²) >= 11 is 3.49. The highest BCUT2D eigenvalue weighted by molar-refractivity contribution is 9.15. The highest BCUT2D eigenvalue weighted by atomic mass is 79.9. The second kappa shape index (κ2) is 7.19. The van der Waals surface area contributed by atoms with E-state index in [0.29, 0.717) is 16.6 Å². The summed E-state index contributed by atoms with van der Waals surface area (Å²) in [6.45, 7) is 6.32. The third kappa shape index (κ3) is 3.35. The van der Waals surface area contributed by atoms with Gasteiger partial charge in [-0.3, -0.25) is 9.59 Å². The summed E-state index contributed by atoms with van der Waals surface area (Å²) in [4.78, 5) is 25.9. The molecule has 0 N–H and O–H groups in total. The highest BCUT2D eigenvalue weighted by Gasteiger charge is 2.26. The van der Waals surface area contributed by atoms with E-state index in [9.17, 15) is 9.59 Å². The number of fused-ring (bicyclic) bond motifs is 1. The zero-order valence-corrected chi connectivity index (χ0v) is 15.5. The lowest BCUT2D eigenvalue weighted by Crippen LogP contribution is -2.30. The molecular formula is C21H18BrNO2. The van der Waals surface area contributed by atoms with Crippen molar-refractivity contribution in [1.29, 1.82) is 0 Å². The van der Waals surface area contributed by atoms with Gasteiger partial charge in [0.25, 0.3) is 0 Å². The summed E-state index contributed by atoms with van der Waals surface area (Å²) in [6, 6.07) is 13.7. The lowest BCUT2D eigenvalue weighted by Gasteiger charge is -2.23. The summed E-state index contributed by atoms with van der Waals surface area (Å²) < 4.78 is 0.685. The van der Waals surface area contributed by atoms with Crippen LogP contribution in [0.1, 0.15) is 28.7 Å². The van der Waals surface area contributed by atoms with Crippen LogP contribution in [0.2, 0.25) is 0 Å². The second-order valence-electron chi connectivity index (χ2n) is 6.03. The summed E-state index contributed by atoms with van der Waals surface area (Å²) in [5.41, 5.74) is 5.35. The molecule has 0 radical (unpaired) electrons. The molecule has 1 aliphatic rings. The molecule has 3 rings (SSSR count). The molecule has 4 heteroatoms. The van der Waals surface area contributed by atoms with Crippen LogP contribution in [0, 0.1) is 6.92 Å². The van der Waals surface area contributed by atoms with E-state index in [1.54, 1.807) is 4.90 Å². The first-order chi connectivity index (χ1) is 12.0. The van der Waals surface area contributed by atoms with Gasteiger partial charge in [0.1, 0.15) is 6.29 Å². The summed E-state index contributed by atoms with van der Waals surface area (Å²) in [5, 5.41) is 0. The van der Waals surface area contributed by atoms with Gasteiger partial charge in [-0.1, -0.05) is 43.0 Å². The molecule has 2 aromatic rings. The van der Waals surface area contributed by atoms with Crippen LogP contribution < -0.4 is 4.90 Å². The number of para-hydroxylation sites is 1. The molecule has 25 heavy (non-hydrogen) atoms. The molecule has 0 fully saturated rings. The number of halogens is 1. The van der Waals surface area contributed by atoms with Crippen molar-refractivity contribution in [3.05, 3.63) is 76.9 Å². The number of hydrogen-bond donors (Lipinski definition) is 0. The Balaban J connectivity index is 2.05. The molecule has 126 valence electrons. The number of aryl methyl sites for hydroxylation is 1. The minimum Gasteiger partial charge on any atom is -0.307 e. The number of carbonyl (C=O) groups is 2. The van der Waals surface area contributed by atoms with Crippen molar-refractivity contribution in [1.82, 2.24) is 0 Å². The predicted molar refractivity (Wildman–Crippen MR) is 105 cm³/mol. The summed E-state index contributed by atoms with van der Waals surface area (Å²) in [5.74, 6) is -0.0928. The van der Waals surface area contributed by atoms with Crippen molar-refractivity contribution in [3.63, 3.8) is 0 Å². The number of aldehydes is 1. The van der Waals surface area contributed by atoms with Gasteiger partial charge in [0.15, 0.2) is 0 Å². The molecule has 0 aliphatic carbocycles. The minimum atomic E-state index is -0.0928. The maximum Gasteiger partial charge on any atom is 0.231 e. The fourth-order valence-corrected chi connectivity index (χ4v) is 3.56. The first-order valence-corrected chi connectivity index (χ1v) is 8.80. The number of anilines is 1. The lowest BCUT2D eigenvalue weighted by atomic mass is 10.0. The zero-order valence-electron chi connectivity index (χ0n) is 14.0. The van der Waals surface area contributed by atoms with Crippen LogP contribution in [0.4, 0.5) is 5.69 Å². The molecule has 0 aromatic heterocycles. The van der Waals surface area contributed by atoms with Gasteiger partial charge in [-0.15, -0.1) is 0 Å². The molecule has 1 aliphatic heterocycles. The Morgan fingerprint density at radius 1 is 1.24 bits per heavy atom. The monoisotopic (exact) mass is 395 g/mol. The maximum atomic E-state index is 12.8. The van der Waals surface area contributed by atoms with Gasteiger partial charge in [0.05, 0.1) is 18.7 Å². The van der Waals surface area contributed by atoms with Crippen molar-refractivity contribution in [3.8, 4) is 0 Å². The van der Waals surface area contributed by atoms with Crippen LogP contribution in [-0.2, 0) is 16.1 Å². The third-order valence-electron chi connectivity index (χ3n) is 4.40. The highest BCUT2D eigenvalue weighted by Crippen LogP contribution is 2.37. The first kappa shape index (κ1) is 17.4. The quantitative estimate of drug-likeness (QED) is 0.691. The number of benzene rings is 2. The van der Waals surface area contributed by atoms with Crippen LogP contribution in [0.5, 0.6) is 0 Å². The Kier molecular flexibility index (Phi) is 5.00. The summed E-state index contributed by atoms with van der Waals surface area (Å²) in [6.07, 6.45) is 2.66. The molecule has 0 atom stereocenters. The average molecular weight is 396 g/mol. The van der Waals surface area contributed by atoms with Crippen molar-refractivity contribution < 1.29 is 9.59 Å². The van der Waals surface area contributed by atoms with Crippen molar-refractivity contribution in [2.45, 2.75) is 19.9 Å². The second-order valence-corrected chi connectivity index (χ2v) is 6.82. The van der Waals surface area contributed by atoms with Gasteiger partial charge in [0, 0.05) is 15.6 Å². The van der Waals surface area contributed by atoms with Gasteiger partial charge in [0.2, 0.25) is 5.91 Å². The van der Waals surface area contributed by atoms with E-state index < -0.39 is 0 Å². The standard InChI is InChI=1S/C21H18BrNO2/c1-3-16-10-15(9-8-14(16)2)12-23-19-7-5-4-6-18(19)21(22)17(13-24)11-20(23)25/h3-10,13H,1,11-12H2,2H3. The van der Waals surface area contributed by atoms with Crippen LogP contribution in [0.25, 0.3) is 10.6 Å². The van der Waals surface area contributed by atoms with Crippen LogP contribution in [0.15, 0.2) is 54.6 Å². The Hall–Kier alpha value is -2.46.